The van der Waals surface area contributed by atoms with Gasteiger partial charge in [-0.05, 0) is 42.7 Å². The van der Waals surface area contributed by atoms with Crippen LogP contribution in [0.1, 0.15) is 23.2 Å². The summed E-state index contributed by atoms with van der Waals surface area (Å²) in [6, 6.07) is 13.2. The molecule has 4 rings (SSSR count). The third-order valence-corrected chi connectivity index (χ3v) is 7.73. The predicted molar refractivity (Wildman–Crippen MR) is 144 cm³/mol. The van der Waals surface area contributed by atoms with Crippen molar-refractivity contribution in [2.24, 2.45) is 0 Å². The van der Waals surface area contributed by atoms with E-state index in [1.807, 2.05) is 41.8 Å². The number of benzene rings is 2. The van der Waals surface area contributed by atoms with Crippen LogP contribution in [0.5, 0.6) is 0 Å². The normalized spacial score (nSPS) is 16.8. The van der Waals surface area contributed by atoms with Crippen LogP contribution in [0.4, 0.5) is 11.4 Å². The van der Waals surface area contributed by atoms with Crippen LogP contribution in [-0.4, -0.2) is 59.9 Å². The zero-order valence-corrected chi connectivity index (χ0v) is 22.7. The van der Waals surface area contributed by atoms with Gasteiger partial charge in [0.15, 0.2) is 5.69 Å². The fourth-order valence-electron chi connectivity index (χ4n) is 4.45. The number of sulfone groups is 1. The highest BCUT2D eigenvalue weighted by molar-refractivity contribution is 9.10. The molecule has 0 radical (unpaired) electrons. The summed E-state index contributed by atoms with van der Waals surface area (Å²) in [7, 11) is -3.15. The Morgan fingerprint density at radius 2 is 1.92 bits per heavy atom. The van der Waals surface area contributed by atoms with Gasteiger partial charge in [0.1, 0.15) is 9.84 Å². The van der Waals surface area contributed by atoms with Crippen molar-refractivity contribution in [3.05, 3.63) is 87.7 Å². The summed E-state index contributed by atoms with van der Waals surface area (Å²) >= 11 is 3.51. The van der Waals surface area contributed by atoms with Gasteiger partial charge in [-0.15, -0.1) is 0 Å². The first-order valence-corrected chi connectivity index (χ1v) is 14.4. The summed E-state index contributed by atoms with van der Waals surface area (Å²) in [5.74, 6) is 0.0318. The van der Waals surface area contributed by atoms with E-state index in [-0.39, 0.29) is 24.2 Å². The number of aryl methyl sites for hydroxylation is 1. The van der Waals surface area contributed by atoms with Gasteiger partial charge < -0.3 is 9.47 Å². The number of hydrogen-bond donors (Lipinski definition) is 0. The molecule has 0 saturated carbocycles. The zero-order chi connectivity index (χ0) is 25.9. The highest BCUT2D eigenvalue weighted by Crippen LogP contribution is 2.27. The van der Waals surface area contributed by atoms with E-state index in [9.17, 15) is 13.2 Å². The van der Waals surface area contributed by atoms with Crippen molar-refractivity contribution in [1.29, 1.82) is 0 Å². The van der Waals surface area contributed by atoms with E-state index >= 15 is 0 Å². The third-order valence-electron chi connectivity index (χ3n) is 6.29. The van der Waals surface area contributed by atoms with Crippen LogP contribution in [-0.2, 0) is 27.7 Å². The van der Waals surface area contributed by atoms with Crippen molar-refractivity contribution in [2.75, 3.05) is 30.0 Å². The molecule has 1 aliphatic rings. The van der Waals surface area contributed by atoms with E-state index < -0.39 is 9.84 Å². The summed E-state index contributed by atoms with van der Waals surface area (Å²) in [4.78, 5) is 24.8. The van der Waals surface area contributed by atoms with Gasteiger partial charge in [0.05, 0.1) is 30.9 Å². The topological polar surface area (TPSA) is 79.9 Å². The number of aromatic nitrogens is 2. The Labute approximate surface area is 220 Å². The van der Waals surface area contributed by atoms with Crippen LogP contribution in [0, 0.1) is 13.5 Å². The fourth-order valence-corrected chi connectivity index (χ4v) is 5.75. The largest absolute Gasteiger partial charge is 0.329 e. The zero-order valence-electron chi connectivity index (χ0n) is 20.3. The first kappa shape index (κ1) is 26.1. The average Bonchev–Trinajstić information content (AvgIpc) is 3.24. The minimum atomic E-state index is -3.15. The standard InChI is InChI=1S/C26H28BrN5O3S/c1-19-10-21(27)12-24(11-19)32-16-23(8-9-36(3,34)35)30(17-26(32)33)15-25-13-29-18-31(25)14-20-4-6-22(28-2)7-5-20/h4-7,10-13,18,23H,8-9,14-17H2,1,3H3/t23-/m0/s1. The lowest BCUT2D eigenvalue weighted by Gasteiger charge is -2.41. The van der Waals surface area contributed by atoms with Gasteiger partial charge in [0.2, 0.25) is 5.91 Å². The highest BCUT2D eigenvalue weighted by atomic mass is 79.9. The monoisotopic (exact) mass is 569 g/mol. The maximum Gasteiger partial charge on any atom is 0.241 e. The van der Waals surface area contributed by atoms with Gasteiger partial charge in [-0.25, -0.2) is 18.2 Å². The molecular formula is C26H28BrN5O3S. The lowest BCUT2D eigenvalue weighted by atomic mass is 10.1. The summed E-state index contributed by atoms with van der Waals surface area (Å²) in [6.07, 6.45) is 5.22. The molecule has 0 N–H and O–H groups in total. The van der Waals surface area contributed by atoms with E-state index in [0.29, 0.717) is 31.7 Å². The molecule has 36 heavy (non-hydrogen) atoms. The molecule has 188 valence electrons. The quantitative estimate of drug-likeness (QED) is 0.380. The van der Waals surface area contributed by atoms with Crippen LogP contribution < -0.4 is 4.90 Å². The second-order valence-electron chi connectivity index (χ2n) is 9.26. The molecule has 8 nitrogen and oxygen atoms in total. The van der Waals surface area contributed by atoms with E-state index in [4.69, 9.17) is 6.57 Å². The van der Waals surface area contributed by atoms with Gasteiger partial charge in [-0.2, -0.15) is 0 Å². The summed E-state index contributed by atoms with van der Waals surface area (Å²) < 4.78 is 26.9. The summed E-state index contributed by atoms with van der Waals surface area (Å²) in [6.45, 7) is 10.8. The second kappa shape index (κ2) is 10.9. The fraction of sp³-hybridized carbons (Fsp3) is 0.346. The summed E-state index contributed by atoms with van der Waals surface area (Å²) in [5, 5.41) is 0. The lowest BCUT2D eigenvalue weighted by Crippen LogP contribution is -2.56. The number of amides is 1. The van der Waals surface area contributed by atoms with E-state index in [1.165, 1.54) is 6.26 Å². The number of nitrogens with zero attached hydrogens (tertiary/aromatic N) is 5. The summed E-state index contributed by atoms with van der Waals surface area (Å²) in [5.41, 5.74) is 4.42. The average molecular weight is 571 g/mol. The van der Waals surface area contributed by atoms with Gasteiger partial charge in [0, 0.05) is 48.3 Å². The van der Waals surface area contributed by atoms with Crippen LogP contribution in [0.2, 0.25) is 0 Å². The molecule has 0 spiro atoms. The maximum atomic E-state index is 13.2. The molecule has 3 aromatic rings. The Morgan fingerprint density at radius 1 is 1.17 bits per heavy atom. The minimum absolute atomic E-state index is 0.0242. The van der Waals surface area contributed by atoms with Crippen molar-refractivity contribution in [3.8, 4) is 0 Å². The molecule has 0 unspecified atom stereocenters. The Kier molecular flexibility index (Phi) is 7.93. The Morgan fingerprint density at radius 3 is 2.58 bits per heavy atom. The van der Waals surface area contributed by atoms with Crippen molar-refractivity contribution >= 4 is 43.0 Å². The van der Waals surface area contributed by atoms with Crippen molar-refractivity contribution in [3.63, 3.8) is 0 Å². The van der Waals surface area contributed by atoms with Crippen molar-refractivity contribution in [1.82, 2.24) is 14.5 Å². The molecule has 1 aliphatic heterocycles. The Hall–Kier alpha value is -3.00. The number of imidazole rings is 1. The van der Waals surface area contributed by atoms with Gasteiger partial charge in [0.25, 0.3) is 0 Å². The number of anilines is 1. The Balaban J connectivity index is 1.55. The first-order chi connectivity index (χ1) is 17.1. The lowest BCUT2D eigenvalue weighted by molar-refractivity contribution is -0.122. The molecule has 1 aromatic heterocycles. The molecule has 1 fully saturated rings. The SMILES string of the molecule is [C-]#[N+]c1ccc(Cn2cncc2CN2CC(=O)N(c3cc(C)cc(Br)c3)C[C@@H]2CCS(C)(=O)=O)cc1. The third kappa shape index (κ3) is 6.60. The van der Waals surface area contributed by atoms with E-state index in [1.54, 1.807) is 29.6 Å². The molecular weight excluding hydrogens is 542 g/mol. The molecule has 0 bridgehead atoms. The Bertz CT molecular complexity index is 1380. The molecule has 1 saturated heterocycles. The number of rotatable bonds is 8. The number of carbonyl (C=O) groups excluding carboxylic acids is 1. The number of hydrogen-bond acceptors (Lipinski definition) is 5. The molecule has 2 heterocycles. The number of piperazine rings is 1. The molecule has 0 aliphatic carbocycles. The first-order valence-electron chi connectivity index (χ1n) is 11.6. The molecule has 2 aromatic carbocycles. The van der Waals surface area contributed by atoms with Crippen molar-refractivity contribution < 1.29 is 13.2 Å². The van der Waals surface area contributed by atoms with Gasteiger partial charge >= 0.3 is 0 Å². The van der Waals surface area contributed by atoms with Crippen molar-refractivity contribution in [2.45, 2.75) is 32.5 Å². The number of carbonyl (C=O) groups is 1. The smallest absolute Gasteiger partial charge is 0.241 e. The molecule has 10 heteroatoms. The number of halogens is 1. The van der Waals surface area contributed by atoms with E-state index in [0.717, 1.165) is 27.0 Å². The molecule has 1 atom stereocenters. The van der Waals surface area contributed by atoms with Gasteiger partial charge in [-0.1, -0.05) is 40.2 Å². The van der Waals surface area contributed by atoms with Crippen LogP contribution in [0.15, 0.2) is 59.5 Å². The van der Waals surface area contributed by atoms with Gasteiger partial charge in [-0.3, -0.25) is 9.69 Å². The van der Waals surface area contributed by atoms with E-state index in [2.05, 4.69) is 30.7 Å². The van der Waals surface area contributed by atoms with Crippen LogP contribution in [0.25, 0.3) is 4.85 Å². The van der Waals surface area contributed by atoms with Crippen LogP contribution >= 0.6 is 15.9 Å². The highest BCUT2D eigenvalue weighted by Gasteiger charge is 2.34. The van der Waals surface area contributed by atoms with Crippen LogP contribution in [0.3, 0.4) is 0 Å². The minimum Gasteiger partial charge on any atom is -0.329 e. The predicted octanol–water partition coefficient (Wildman–Crippen LogP) is 4.21. The molecule has 1 amide bonds. The second-order valence-corrected chi connectivity index (χ2v) is 12.4. The maximum absolute atomic E-state index is 13.2.